The minimum Gasteiger partial charge on any atom is -0.496 e. The first-order valence-corrected chi connectivity index (χ1v) is 6.52. The maximum Gasteiger partial charge on any atom is 0.122 e. The normalized spacial score (nSPS) is 16.5. The van der Waals surface area contributed by atoms with Crippen LogP contribution in [-0.4, -0.2) is 33.4 Å². The molecule has 0 bridgehead atoms. The van der Waals surface area contributed by atoms with Crippen molar-refractivity contribution in [1.29, 1.82) is 5.26 Å². The molecule has 0 aromatic heterocycles. The van der Waals surface area contributed by atoms with Gasteiger partial charge in [0.2, 0.25) is 0 Å². The smallest absolute Gasteiger partial charge is 0.122 e. The van der Waals surface area contributed by atoms with Crippen LogP contribution in [0.25, 0.3) is 0 Å². The van der Waals surface area contributed by atoms with Gasteiger partial charge >= 0.3 is 0 Å². The van der Waals surface area contributed by atoms with E-state index in [4.69, 9.17) is 14.7 Å². The van der Waals surface area contributed by atoms with E-state index in [1.54, 1.807) is 7.11 Å². The minimum absolute atomic E-state index is 0.309. The van der Waals surface area contributed by atoms with Gasteiger partial charge in [0.25, 0.3) is 0 Å². The van der Waals surface area contributed by atoms with Gasteiger partial charge in [-0.05, 0) is 31.5 Å². The van der Waals surface area contributed by atoms with Gasteiger partial charge in [0, 0.05) is 6.54 Å². The highest BCUT2D eigenvalue weighted by molar-refractivity contribution is 5.37. The zero-order chi connectivity index (χ0) is 13.7. The summed E-state index contributed by atoms with van der Waals surface area (Å²) in [6.07, 6.45) is 0.896. The van der Waals surface area contributed by atoms with Crippen LogP contribution in [0.5, 0.6) is 5.75 Å². The third-order valence-electron chi connectivity index (χ3n) is 3.46. The largest absolute Gasteiger partial charge is 0.496 e. The van der Waals surface area contributed by atoms with Crippen LogP contribution in [0.1, 0.15) is 11.1 Å². The fourth-order valence-electron chi connectivity index (χ4n) is 2.21. The summed E-state index contributed by atoms with van der Waals surface area (Å²) in [6.45, 7) is 4.70. The zero-order valence-electron chi connectivity index (χ0n) is 11.5. The molecule has 0 atom stereocenters. The third kappa shape index (κ3) is 3.25. The van der Waals surface area contributed by atoms with Crippen LogP contribution < -0.4 is 10.1 Å². The number of methoxy groups -OCH3 is 1. The number of aryl methyl sites for hydroxylation is 1. The van der Waals surface area contributed by atoms with Crippen molar-refractivity contribution in [2.24, 2.45) is 5.41 Å². The topological polar surface area (TPSA) is 54.3 Å². The summed E-state index contributed by atoms with van der Waals surface area (Å²) in [5.74, 6) is 0.925. The van der Waals surface area contributed by atoms with Gasteiger partial charge in [-0.2, -0.15) is 5.26 Å². The van der Waals surface area contributed by atoms with Gasteiger partial charge in [0.05, 0.1) is 26.4 Å². The minimum atomic E-state index is -0.309. The Morgan fingerprint density at radius 3 is 2.84 bits per heavy atom. The molecular formula is C15H20N2O2. The van der Waals surface area contributed by atoms with Crippen molar-refractivity contribution >= 4 is 0 Å². The van der Waals surface area contributed by atoms with Crippen molar-refractivity contribution in [3.05, 3.63) is 29.3 Å². The molecule has 0 spiro atoms. The lowest BCUT2D eigenvalue weighted by Gasteiger charge is -2.35. The first-order chi connectivity index (χ1) is 9.19. The first kappa shape index (κ1) is 13.9. The number of hydrogen-bond acceptors (Lipinski definition) is 4. The Morgan fingerprint density at radius 2 is 2.26 bits per heavy atom. The second-order valence-electron chi connectivity index (χ2n) is 5.13. The lowest BCUT2D eigenvalue weighted by molar-refractivity contribution is -0.0752. The van der Waals surface area contributed by atoms with Crippen molar-refractivity contribution in [3.8, 4) is 11.8 Å². The second kappa shape index (κ2) is 6.05. The quantitative estimate of drug-likeness (QED) is 0.791. The lowest BCUT2D eigenvalue weighted by atomic mass is 9.88. The summed E-state index contributed by atoms with van der Waals surface area (Å²) in [7, 11) is 1.69. The second-order valence-corrected chi connectivity index (χ2v) is 5.13. The molecule has 1 aromatic rings. The molecule has 1 aromatic carbocycles. The molecule has 2 rings (SSSR count). The van der Waals surface area contributed by atoms with E-state index in [1.165, 1.54) is 11.1 Å². The molecule has 0 unspecified atom stereocenters. The van der Waals surface area contributed by atoms with Crippen molar-refractivity contribution in [1.82, 2.24) is 5.32 Å². The van der Waals surface area contributed by atoms with Crippen molar-refractivity contribution in [3.63, 3.8) is 0 Å². The van der Waals surface area contributed by atoms with Crippen molar-refractivity contribution in [2.75, 3.05) is 33.4 Å². The van der Waals surface area contributed by atoms with Crippen LogP contribution in [0.2, 0.25) is 0 Å². The fourth-order valence-corrected chi connectivity index (χ4v) is 2.21. The Bertz CT molecular complexity index is 476. The summed E-state index contributed by atoms with van der Waals surface area (Å²) < 4.78 is 10.5. The van der Waals surface area contributed by atoms with Gasteiger partial charge < -0.3 is 14.8 Å². The number of nitriles is 1. The van der Waals surface area contributed by atoms with Gasteiger partial charge in [-0.25, -0.2) is 0 Å². The van der Waals surface area contributed by atoms with Crippen LogP contribution in [0, 0.1) is 23.7 Å². The number of rotatable bonds is 6. The van der Waals surface area contributed by atoms with Gasteiger partial charge in [-0.1, -0.05) is 17.7 Å². The van der Waals surface area contributed by atoms with Gasteiger partial charge in [-0.3, -0.25) is 0 Å². The van der Waals surface area contributed by atoms with Gasteiger partial charge in [0.15, 0.2) is 0 Å². The number of ether oxygens (including phenoxy) is 2. The summed E-state index contributed by atoms with van der Waals surface area (Å²) in [6, 6.07) is 8.53. The van der Waals surface area contributed by atoms with Crippen LogP contribution in [0.4, 0.5) is 0 Å². The molecular weight excluding hydrogens is 240 g/mol. The number of nitrogens with zero attached hydrogens (tertiary/aromatic N) is 1. The Balaban J connectivity index is 1.83. The molecule has 1 fully saturated rings. The Hall–Kier alpha value is -1.57. The molecule has 4 heteroatoms. The third-order valence-corrected chi connectivity index (χ3v) is 3.46. The molecule has 0 radical (unpaired) electrons. The molecule has 1 N–H and O–H groups in total. The standard InChI is InChI=1S/C15H20N2O2/c1-12-3-4-14(18-2)13(7-12)5-6-17-9-15(8-16)10-19-11-15/h3-4,7,17H,5-6,9-11H2,1-2H3. The number of hydrogen-bond donors (Lipinski definition) is 1. The molecule has 4 nitrogen and oxygen atoms in total. The molecule has 1 heterocycles. The molecule has 0 saturated carbocycles. The summed E-state index contributed by atoms with van der Waals surface area (Å²) in [5.41, 5.74) is 2.12. The van der Waals surface area contributed by atoms with Crippen molar-refractivity contribution in [2.45, 2.75) is 13.3 Å². The fraction of sp³-hybridized carbons (Fsp3) is 0.533. The van der Waals surface area contributed by atoms with E-state index in [0.29, 0.717) is 19.8 Å². The van der Waals surface area contributed by atoms with Gasteiger partial charge in [-0.15, -0.1) is 0 Å². The lowest BCUT2D eigenvalue weighted by Crippen LogP contribution is -2.48. The molecule has 1 aliphatic heterocycles. The average molecular weight is 260 g/mol. The zero-order valence-corrected chi connectivity index (χ0v) is 11.5. The van der Waals surface area contributed by atoms with E-state index >= 15 is 0 Å². The molecule has 0 aliphatic carbocycles. The molecule has 0 amide bonds. The van der Waals surface area contributed by atoms with Crippen LogP contribution in [-0.2, 0) is 11.2 Å². The summed E-state index contributed by atoms with van der Waals surface area (Å²) >= 11 is 0. The molecule has 1 saturated heterocycles. The van der Waals surface area contributed by atoms with E-state index < -0.39 is 0 Å². The Labute approximate surface area is 114 Å². The van der Waals surface area contributed by atoms with E-state index in [1.807, 2.05) is 12.1 Å². The predicted molar refractivity (Wildman–Crippen MR) is 73.2 cm³/mol. The van der Waals surface area contributed by atoms with Crippen LogP contribution in [0.3, 0.4) is 0 Å². The molecule has 1 aliphatic rings. The first-order valence-electron chi connectivity index (χ1n) is 6.52. The molecule has 19 heavy (non-hydrogen) atoms. The highest BCUT2D eigenvalue weighted by atomic mass is 16.5. The maximum absolute atomic E-state index is 9.08. The van der Waals surface area contributed by atoms with Crippen molar-refractivity contribution < 1.29 is 9.47 Å². The van der Waals surface area contributed by atoms with Crippen LogP contribution >= 0.6 is 0 Å². The van der Waals surface area contributed by atoms with E-state index in [0.717, 1.165) is 18.7 Å². The summed E-state index contributed by atoms with van der Waals surface area (Å²) in [5, 5.41) is 12.4. The SMILES string of the molecule is COc1ccc(C)cc1CCNCC1(C#N)COC1. The van der Waals surface area contributed by atoms with E-state index in [-0.39, 0.29) is 5.41 Å². The maximum atomic E-state index is 9.08. The molecule has 102 valence electrons. The monoisotopic (exact) mass is 260 g/mol. The van der Waals surface area contributed by atoms with E-state index in [9.17, 15) is 0 Å². The Morgan fingerprint density at radius 1 is 1.47 bits per heavy atom. The Kier molecular flexibility index (Phi) is 4.41. The average Bonchev–Trinajstić information content (AvgIpc) is 2.37. The highest BCUT2D eigenvalue weighted by Gasteiger charge is 2.38. The van der Waals surface area contributed by atoms with Gasteiger partial charge in [0.1, 0.15) is 11.2 Å². The van der Waals surface area contributed by atoms with Crippen LogP contribution in [0.15, 0.2) is 18.2 Å². The highest BCUT2D eigenvalue weighted by Crippen LogP contribution is 2.25. The number of nitrogens with one attached hydrogen (secondary N) is 1. The van der Waals surface area contributed by atoms with E-state index in [2.05, 4.69) is 24.4 Å². The number of benzene rings is 1. The predicted octanol–water partition coefficient (Wildman–Crippen LogP) is 1.68. The summed E-state index contributed by atoms with van der Waals surface area (Å²) in [4.78, 5) is 0.